The Morgan fingerprint density at radius 3 is 2.78 bits per heavy atom. The van der Waals surface area contributed by atoms with Crippen molar-refractivity contribution in [3.8, 4) is 11.6 Å². The Morgan fingerprint density at radius 1 is 1.22 bits per heavy atom. The first kappa shape index (κ1) is 11.3. The van der Waals surface area contributed by atoms with Crippen molar-refractivity contribution in [1.82, 2.24) is 25.4 Å². The van der Waals surface area contributed by atoms with E-state index in [1.165, 1.54) is 12.8 Å². The van der Waals surface area contributed by atoms with Gasteiger partial charge in [-0.25, -0.2) is 9.97 Å². The number of hydrogen-bond acceptors (Lipinski definition) is 6. The van der Waals surface area contributed by atoms with Crippen LogP contribution in [0.2, 0.25) is 0 Å². The molecule has 1 saturated heterocycles. The van der Waals surface area contributed by atoms with Gasteiger partial charge in [0.05, 0.1) is 6.04 Å². The topological polar surface area (TPSA) is 76.7 Å². The highest BCUT2D eigenvalue weighted by Crippen LogP contribution is 2.22. The monoisotopic (exact) mass is 245 g/mol. The summed E-state index contributed by atoms with van der Waals surface area (Å²) in [5, 5.41) is 7.31. The number of nitrogens with one attached hydrogen (secondary N) is 1. The van der Waals surface area contributed by atoms with E-state index in [2.05, 4.69) is 25.4 Å². The van der Waals surface area contributed by atoms with E-state index < -0.39 is 0 Å². The maximum atomic E-state index is 5.29. The van der Waals surface area contributed by atoms with Crippen LogP contribution in [0.5, 0.6) is 0 Å². The first-order valence-corrected chi connectivity index (χ1v) is 6.19. The zero-order chi connectivity index (χ0) is 12.4. The molecule has 0 saturated carbocycles. The van der Waals surface area contributed by atoms with Crippen LogP contribution in [0.25, 0.3) is 11.6 Å². The molecule has 0 spiro atoms. The van der Waals surface area contributed by atoms with Gasteiger partial charge < -0.3 is 9.84 Å². The van der Waals surface area contributed by atoms with E-state index in [1.807, 2.05) is 6.92 Å². The van der Waals surface area contributed by atoms with Crippen LogP contribution < -0.4 is 5.32 Å². The average molecular weight is 245 g/mol. The van der Waals surface area contributed by atoms with Gasteiger partial charge in [-0.05, 0) is 31.9 Å². The van der Waals surface area contributed by atoms with Crippen molar-refractivity contribution in [2.75, 3.05) is 6.54 Å². The molecule has 0 amide bonds. The lowest BCUT2D eigenvalue weighted by Gasteiger charge is -2.19. The maximum Gasteiger partial charge on any atom is 0.244 e. The molecular formula is C12H15N5O. The molecule has 3 rings (SSSR count). The summed E-state index contributed by atoms with van der Waals surface area (Å²) in [7, 11) is 0. The van der Waals surface area contributed by atoms with Gasteiger partial charge in [0, 0.05) is 12.4 Å². The first-order valence-electron chi connectivity index (χ1n) is 6.19. The summed E-state index contributed by atoms with van der Waals surface area (Å²) < 4.78 is 5.29. The van der Waals surface area contributed by atoms with E-state index in [-0.39, 0.29) is 6.04 Å². The van der Waals surface area contributed by atoms with E-state index in [0.717, 1.165) is 18.5 Å². The van der Waals surface area contributed by atoms with Crippen LogP contribution in [0, 0.1) is 6.92 Å². The van der Waals surface area contributed by atoms with Crippen molar-refractivity contribution in [3.05, 3.63) is 23.8 Å². The smallest absolute Gasteiger partial charge is 0.244 e. The summed E-state index contributed by atoms with van der Waals surface area (Å²) >= 11 is 0. The highest BCUT2D eigenvalue weighted by atomic mass is 16.5. The summed E-state index contributed by atoms with van der Waals surface area (Å²) in [6.45, 7) is 2.95. The van der Waals surface area contributed by atoms with Gasteiger partial charge in [-0.1, -0.05) is 11.6 Å². The molecule has 18 heavy (non-hydrogen) atoms. The molecule has 2 aromatic heterocycles. The Labute approximate surface area is 105 Å². The van der Waals surface area contributed by atoms with Gasteiger partial charge in [0.15, 0.2) is 0 Å². The number of nitrogens with zero attached hydrogens (tertiary/aromatic N) is 4. The van der Waals surface area contributed by atoms with Crippen LogP contribution in [-0.2, 0) is 0 Å². The third-order valence-electron chi connectivity index (χ3n) is 3.03. The standard InChI is InChI=1S/C12H15N5O/c1-8-6-14-10(15-7-8)11-16-12(18-17-11)9-4-2-3-5-13-9/h6-7,9,13H,2-5H2,1H3/t9-/m0/s1. The van der Waals surface area contributed by atoms with Crippen LogP contribution in [0.1, 0.15) is 36.8 Å². The second-order valence-corrected chi connectivity index (χ2v) is 4.54. The van der Waals surface area contributed by atoms with Crippen LogP contribution in [0.3, 0.4) is 0 Å². The van der Waals surface area contributed by atoms with Gasteiger partial charge in [-0.2, -0.15) is 4.98 Å². The maximum absolute atomic E-state index is 5.29. The summed E-state index contributed by atoms with van der Waals surface area (Å²) in [5.74, 6) is 1.60. The van der Waals surface area contributed by atoms with Crippen molar-refractivity contribution in [2.24, 2.45) is 0 Å². The number of rotatable bonds is 2. The second kappa shape index (κ2) is 4.81. The molecular weight excluding hydrogens is 230 g/mol. The predicted octanol–water partition coefficient (Wildman–Crippen LogP) is 1.65. The van der Waals surface area contributed by atoms with E-state index in [1.54, 1.807) is 12.4 Å². The predicted molar refractivity (Wildman–Crippen MR) is 64.7 cm³/mol. The number of hydrogen-bond donors (Lipinski definition) is 1. The SMILES string of the molecule is Cc1cnc(-c2noc([C@@H]3CCCCN3)n2)nc1. The van der Waals surface area contributed by atoms with Gasteiger partial charge in [0.25, 0.3) is 0 Å². The van der Waals surface area contributed by atoms with E-state index in [0.29, 0.717) is 17.5 Å². The van der Waals surface area contributed by atoms with Crippen molar-refractivity contribution >= 4 is 0 Å². The van der Waals surface area contributed by atoms with Crippen LogP contribution >= 0.6 is 0 Å². The largest absolute Gasteiger partial charge is 0.337 e. The molecule has 1 atom stereocenters. The van der Waals surface area contributed by atoms with Crippen molar-refractivity contribution in [3.63, 3.8) is 0 Å². The third-order valence-corrected chi connectivity index (χ3v) is 3.03. The second-order valence-electron chi connectivity index (χ2n) is 4.54. The first-order chi connectivity index (χ1) is 8.83. The molecule has 1 N–H and O–H groups in total. The van der Waals surface area contributed by atoms with Gasteiger partial charge in [0.1, 0.15) is 0 Å². The van der Waals surface area contributed by atoms with E-state index in [9.17, 15) is 0 Å². The molecule has 1 aliphatic heterocycles. The number of aryl methyl sites for hydroxylation is 1. The van der Waals surface area contributed by atoms with Crippen LogP contribution in [-0.4, -0.2) is 26.7 Å². The number of aromatic nitrogens is 4. The van der Waals surface area contributed by atoms with Crippen LogP contribution in [0.4, 0.5) is 0 Å². The zero-order valence-electron chi connectivity index (χ0n) is 10.3. The number of piperidine rings is 1. The van der Waals surface area contributed by atoms with Gasteiger partial charge in [-0.15, -0.1) is 0 Å². The quantitative estimate of drug-likeness (QED) is 0.866. The molecule has 2 aromatic rings. The lowest BCUT2D eigenvalue weighted by molar-refractivity contribution is 0.297. The van der Waals surface area contributed by atoms with Crippen molar-refractivity contribution in [1.29, 1.82) is 0 Å². The third kappa shape index (κ3) is 2.24. The van der Waals surface area contributed by atoms with Crippen LogP contribution in [0.15, 0.2) is 16.9 Å². The molecule has 3 heterocycles. The van der Waals surface area contributed by atoms with Gasteiger partial charge in [-0.3, -0.25) is 0 Å². The van der Waals surface area contributed by atoms with Gasteiger partial charge >= 0.3 is 0 Å². The molecule has 1 fully saturated rings. The molecule has 0 radical (unpaired) electrons. The highest BCUT2D eigenvalue weighted by Gasteiger charge is 2.21. The Kier molecular flexibility index (Phi) is 3.02. The van der Waals surface area contributed by atoms with E-state index in [4.69, 9.17) is 4.52 Å². The average Bonchev–Trinajstić information content (AvgIpc) is 2.90. The fourth-order valence-electron chi connectivity index (χ4n) is 2.04. The Balaban J connectivity index is 1.82. The fourth-order valence-corrected chi connectivity index (χ4v) is 2.04. The van der Waals surface area contributed by atoms with Crippen molar-refractivity contribution in [2.45, 2.75) is 32.2 Å². The van der Waals surface area contributed by atoms with Crippen molar-refractivity contribution < 1.29 is 4.52 Å². The fraction of sp³-hybridized carbons (Fsp3) is 0.500. The molecule has 6 nitrogen and oxygen atoms in total. The Bertz CT molecular complexity index is 516. The van der Waals surface area contributed by atoms with Gasteiger partial charge in [0.2, 0.25) is 17.5 Å². The molecule has 0 bridgehead atoms. The Morgan fingerprint density at radius 2 is 2.06 bits per heavy atom. The summed E-state index contributed by atoms with van der Waals surface area (Å²) in [4.78, 5) is 12.7. The summed E-state index contributed by atoms with van der Waals surface area (Å²) in [5.41, 5.74) is 1.01. The minimum atomic E-state index is 0.172. The molecule has 0 unspecified atom stereocenters. The molecule has 1 aliphatic rings. The molecule has 6 heteroatoms. The zero-order valence-corrected chi connectivity index (χ0v) is 10.3. The normalized spacial score (nSPS) is 19.9. The summed E-state index contributed by atoms with van der Waals surface area (Å²) in [6.07, 6.45) is 6.93. The highest BCUT2D eigenvalue weighted by molar-refractivity contribution is 5.41. The Hall–Kier alpha value is -1.82. The van der Waals surface area contributed by atoms with E-state index >= 15 is 0 Å². The minimum Gasteiger partial charge on any atom is -0.337 e. The molecule has 94 valence electrons. The molecule has 0 aliphatic carbocycles. The lowest BCUT2D eigenvalue weighted by Crippen LogP contribution is -2.26. The lowest BCUT2D eigenvalue weighted by atomic mass is 10.1. The summed E-state index contributed by atoms with van der Waals surface area (Å²) in [6, 6.07) is 0.172. The molecule has 0 aromatic carbocycles. The minimum absolute atomic E-state index is 0.172.